The number of amides is 4. The number of phenolic OH excluding ortho intramolecular Hbond substituents is 4. The van der Waals surface area contributed by atoms with Gasteiger partial charge in [0, 0.05) is 44.0 Å². The summed E-state index contributed by atoms with van der Waals surface area (Å²) in [5.41, 5.74) is 11.7. The van der Waals surface area contributed by atoms with E-state index in [1.165, 1.54) is 84.6 Å². The number of aliphatic hydroxyl groups is 2. The maximum Gasteiger partial charge on any atom is 0.350 e. The number of aryl methyl sites for hydroxylation is 2. The number of aldehydes is 1. The number of fused-ring (bicyclic) bond motifs is 5. The van der Waals surface area contributed by atoms with Crippen LogP contribution < -0.4 is 21.7 Å². The van der Waals surface area contributed by atoms with Crippen molar-refractivity contribution in [1.82, 2.24) is 14.6 Å². The second kappa shape index (κ2) is 49.8. The van der Waals surface area contributed by atoms with Crippen molar-refractivity contribution in [2.24, 2.45) is 56.9 Å². The standard InChI is InChI=1S/C26H20N4O4S.C24H19N3O5S.C23H18N4O4S.C18H14N2O5S.C14H11N5O2S2/c1-4-34-26(33)20-14-35-25(22(20)27-3)30-29-21-18-8-6-5-7-16(18)13-19(23(21)31)24(32)28-17-11-9-15(2)10-12-17;1-32-24(31)22-19(10-11-33-22)26-27-20-17-5-3-2-4-15(17)12-18(21(20)29)23(30)25-16-8-6-14(13-28)7-9-16;1-13-19(12-29)23(32-27-13)26-25-20-17-5-3-2-4-15(17)10-18(21(20)30)22(31)24-16-8-6-14(11-28)7-9-16;1-24-17(22)12-9-10-5-3-4-6-11(10)14(15(12)21)20-19-13-7-8-26-16(13)18(23)25-2;1-22-14-19-18-13(23-14)17-16-10-8-5-3-2-4-7(8)6-9(11(10)20)12(15)21/h5-14,31H,4H2,1-2H3,(H,28,32);2-12,28-29H,13H2,1H3,(H,25,30);2-10,12,28,30H,11H2,1H3,(H,24,31);3-9,21H,1-2H3;2-6,20H,1H3,(H2,15,21). The van der Waals surface area contributed by atoms with Crippen LogP contribution in [0.25, 0.3) is 58.7 Å². The molecule has 44 heteroatoms. The number of thioether (sulfide) groups is 1. The van der Waals surface area contributed by atoms with Gasteiger partial charge in [-0.05, 0) is 172 Å². The van der Waals surface area contributed by atoms with E-state index in [1.54, 1.807) is 207 Å². The van der Waals surface area contributed by atoms with Crippen LogP contribution in [0, 0.1) is 20.4 Å². The summed E-state index contributed by atoms with van der Waals surface area (Å²) in [4.78, 5) is 113. The molecular weight excluding hydrogens is 2030 g/mol. The van der Waals surface area contributed by atoms with Crippen molar-refractivity contribution in [2.75, 3.05) is 50.1 Å². The first-order chi connectivity index (χ1) is 72.1. The average molecular weight is 2110 g/mol. The van der Waals surface area contributed by atoms with E-state index in [4.69, 9.17) is 36.4 Å². The number of methoxy groups -OCH3 is 3. The monoisotopic (exact) mass is 2110 g/mol. The Balaban J connectivity index is 0.000000148. The molecule has 149 heavy (non-hydrogen) atoms. The summed E-state index contributed by atoms with van der Waals surface area (Å²) >= 11 is 7.16. The molecule has 5 heterocycles. The van der Waals surface area contributed by atoms with E-state index in [0.29, 0.717) is 121 Å². The lowest BCUT2D eigenvalue weighted by Crippen LogP contribution is -2.12. The molecule has 0 atom stereocenters. The Hall–Kier alpha value is -18.4. The van der Waals surface area contributed by atoms with Gasteiger partial charge in [-0.2, -0.15) is 9.49 Å². The molecule has 748 valence electrons. The molecule has 5 aromatic heterocycles. The van der Waals surface area contributed by atoms with Gasteiger partial charge in [-0.25, -0.2) is 24.0 Å². The molecule has 0 saturated heterocycles. The Morgan fingerprint density at radius 3 is 1.17 bits per heavy atom. The van der Waals surface area contributed by atoms with Crippen LogP contribution in [0.4, 0.5) is 77.7 Å². The molecule has 0 unspecified atom stereocenters. The van der Waals surface area contributed by atoms with Crippen molar-refractivity contribution in [1.29, 1.82) is 0 Å². The number of hydrogen-bond acceptors (Lipinski definition) is 39. The molecule has 0 fully saturated rings. The van der Waals surface area contributed by atoms with E-state index in [0.717, 1.165) is 38.2 Å². The molecule has 0 aliphatic carbocycles. The number of nitrogens with one attached hydrogen (secondary N) is 3. The van der Waals surface area contributed by atoms with Crippen molar-refractivity contribution >= 4 is 254 Å². The van der Waals surface area contributed by atoms with Crippen LogP contribution in [0.2, 0.25) is 0 Å². The summed E-state index contributed by atoms with van der Waals surface area (Å²) < 4.78 is 24.0. The predicted octanol–water partition coefficient (Wildman–Crippen LogP) is 26.4. The summed E-state index contributed by atoms with van der Waals surface area (Å²) in [6.07, 6.45) is 2.55. The van der Waals surface area contributed by atoms with E-state index in [9.17, 15) is 73.8 Å². The number of hydrogen-bond donors (Lipinski definition) is 11. The number of aliphatic hydroxyl groups excluding tert-OH is 2. The predicted molar refractivity (Wildman–Crippen MR) is 570 cm³/mol. The number of azo groups is 5. The first-order valence-electron chi connectivity index (χ1n) is 44.0. The van der Waals surface area contributed by atoms with Crippen molar-refractivity contribution in [3.05, 3.63) is 335 Å². The highest BCUT2D eigenvalue weighted by molar-refractivity contribution is 8.00. The molecule has 38 nitrogen and oxygen atoms in total. The molecule has 0 spiro atoms. The molecular formula is C105H82N18O20S6. The van der Waals surface area contributed by atoms with E-state index >= 15 is 0 Å². The number of aromatic hydroxyl groups is 5. The third-order valence-electron chi connectivity index (χ3n) is 21.7. The lowest BCUT2D eigenvalue weighted by atomic mass is 10.0. The third-order valence-corrected chi connectivity index (χ3v) is 26.9. The van der Waals surface area contributed by atoms with Crippen LogP contribution in [0.3, 0.4) is 0 Å². The molecule has 18 aromatic rings. The maximum atomic E-state index is 13.0. The van der Waals surface area contributed by atoms with Crippen molar-refractivity contribution in [3.63, 3.8) is 0 Å². The van der Waals surface area contributed by atoms with Crippen molar-refractivity contribution in [3.8, 4) is 28.7 Å². The average Bonchev–Trinajstić information content (AvgIpc) is 1.43. The summed E-state index contributed by atoms with van der Waals surface area (Å²) in [7, 11) is 3.79. The largest absolute Gasteiger partial charge is 0.505 e. The number of thiophene rings is 3. The molecule has 0 radical (unpaired) electrons. The fourth-order valence-electron chi connectivity index (χ4n) is 14.2. The Morgan fingerprint density at radius 2 is 0.799 bits per heavy atom. The number of esters is 4. The van der Waals surface area contributed by atoms with Gasteiger partial charge in [0.25, 0.3) is 28.8 Å². The number of phenols is 5. The number of nitrogens with two attached hydrogens (primary N) is 1. The van der Waals surface area contributed by atoms with E-state index in [1.807, 2.05) is 55.6 Å². The molecule has 0 saturated carbocycles. The quantitative estimate of drug-likeness (QED) is 0.00599. The number of carbonyl (C=O) groups excluding carboxylic acids is 9. The van der Waals surface area contributed by atoms with Gasteiger partial charge >= 0.3 is 23.9 Å². The first kappa shape index (κ1) is 106. The summed E-state index contributed by atoms with van der Waals surface area (Å²) in [6, 6.07) is 67.5. The minimum absolute atomic E-state index is 0.000262. The minimum Gasteiger partial charge on any atom is -0.505 e. The highest BCUT2D eigenvalue weighted by Gasteiger charge is 2.28. The van der Waals surface area contributed by atoms with Crippen molar-refractivity contribution < 1.29 is 97.8 Å². The van der Waals surface area contributed by atoms with Crippen LogP contribution in [-0.4, -0.2) is 138 Å². The van der Waals surface area contributed by atoms with Crippen LogP contribution in [0.15, 0.2) is 308 Å². The molecule has 0 bridgehead atoms. The second-order valence-corrected chi connectivity index (χ2v) is 36.5. The number of carbonyl (C=O) groups is 9. The number of aromatic nitrogens is 3. The third kappa shape index (κ3) is 25.2. The lowest BCUT2D eigenvalue weighted by Gasteiger charge is -2.11. The summed E-state index contributed by atoms with van der Waals surface area (Å²) in [5.74, 6) is -6.29. The molecule has 0 aliphatic rings. The number of benzene rings is 13. The van der Waals surface area contributed by atoms with Crippen LogP contribution in [0.1, 0.15) is 121 Å². The zero-order chi connectivity index (χ0) is 106. The number of rotatable bonds is 26. The number of nitrogens with zero attached hydrogens (tertiary/aromatic N) is 14. The normalized spacial score (nSPS) is 11.1. The SMILES string of the molecule is COC(=O)c1cc2ccccc2c(N=Nc2ccsc2C(=O)OC)c1O.COC(=O)c1sccc1N=Nc1c(O)c(C(=O)Nc2ccc(CO)cc2)cc2ccccc12.CSc1nnc(N=Nc2c(O)c(C(N)=O)cc3ccccc23)s1.Cc1nsc(N=Nc2c(O)c(C(=O)Nc3ccc(CO)cc3)cc3ccccc23)c1C=O.[C-]#[N+]c1c(C(=O)OCC)csc1N=Nc1c(O)c(C(=O)Nc2ccc(C)cc2)cc2ccccc12. The second-order valence-electron chi connectivity index (χ2n) is 31.1. The zero-order valence-electron chi connectivity index (χ0n) is 79.2. The Labute approximate surface area is 869 Å². The Morgan fingerprint density at radius 1 is 0.436 bits per heavy atom. The molecule has 4 amide bonds. The van der Waals surface area contributed by atoms with Gasteiger partial charge in [-0.3, -0.25) is 24.0 Å². The van der Waals surface area contributed by atoms with E-state index in [-0.39, 0.29) is 126 Å². The number of primary amides is 1. The van der Waals surface area contributed by atoms with Crippen LogP contribution >= 0.6 is 68.6 Å². The molecule has 12 N–H and O–H groups in total. The highest BCUT2D eigenvalue weighted by Crippen LogP contribution is 2.49. The van der Waals surface area contributed by atoms with Gasteiger partial charge < -0.3 is 76.4 Å². The Kier molecular flexibility index (Phi) is 35.5. The van der Waals surface area contributed by atoms with Gasteiger partial charge in [-0.15, -0.1) is 90.2 Å². The summed E-state index contributed by atoms with van der Waals surface area (Å²) in [5, 5.41) is 141. The van der Waals surface area contributed by atoms with Gasteiger partial charge in [0.05, 0.1) is 86.8 Å². The van der Waals surface area contributed by atoms with Gasteiger partial charge in [0.15, 0.2) is 44.4 Å². The van der Waals surface area contributed by atoms with Gasteiger partial charge in [0.2, 0.25) is 5.69 Å². The molecule has 18 rings (SSSR count). The van der Waals surface area contributed by atoms with Gasteiger partial charge in [-0.1, -0.05) is 186 Å². The lowest BCUT2D eigenvalue weighted by molar-refractivity contribution is 0.0525. The molecule has 13 aromatic carbocycles. The van der Waals surface area contributed by atoms with E-state index in [2.05, 4.69) is 86.5 Å². The first-order valence-corrected chi connectivity index (χ1v) is 49.4. The molecule has 0 aliphatic heterocycles. The van der Waals surface area contributed by atoms with Crippen molar-refractivity contribution in [2.45, 2.75) is 38.3 Å². The fraction of sp³-hybridized carbons (Fsp3) is 0.0952. The highest BCUT2D eigenvalue weighted by atomic mass is 32.2. The minimum atomic E-state index is -0.731. The maximum absolute atomic E-state index is 13.0. The van der Waals surface area contributed by atoms with Crippen LogP contribution in [-0.2, 0) is 32.2 Å². The zero-order valence-corrected chi connectivity index (χ0v) is 84.1. The number of ether oxygens (including phenoxy) is 4. The van der Waals surface area contributed by atoms with Crippen LogP contribution in [0.5, 0.6) is 28.7 Å². The number of anilines is 3. The topological polar surface area (TPSA) is 561 Å². The van der Waals surface area contributed by atoms with Gasteiger partial charge in [0.1, 0.15) is 60.1 Å². The smallest absolute Gasteiger partial charge is 0.350 e. The summed E-state index contributed by atoms with van der Waals surface area (Å²) in [6.45, 7) is 12.8. The fourth-order valence-corrected chi connectivity index (χ4v) is 18.3. The Bertz CT molecular complexity index is 8390. The van der Waals surface area contributed by atoms with E-state index < -0.39 is 47.5 Å².